The molecule has 0 unspecified atom stereocenters. The lowest BCUT2D eigenvalue weighted by Gasteiger charge is -2.16. The van der Waals surface area contributed by atoms with Crippen LogP contribution in [0.5, 0.6) is 5.75 Å². The Morgan fingerprint density at radius 2 is 1.88 bits per heavy atom. The fourth-order valence-corrected chi connectivity index (χ4v) is 2.86. The molecule has 2 amide bonds. The lowest BCUT2D eigenvalue weighted by molar-refractivity contribution is -0.132. The third-order valence-electron chi connectivity index (χ3n) is 4.29. The maximum absolute atomic E-state index is 13.0. The molecular formula is C19H19FN2O3. The Bertz CT molecular complexity index is 759. The Labute approximate surface area is 145 Å². The summed E-state index contributed by atoms with van der Waals surface area (Å²) in [5.74, 6) is -0.854. The summed E-state index contributed by atoms with van der Waals surface area (Å²) in [7, 11) is 1.59. The Balaban J connectivity index is 1.59. The molecule has 1 saturated heterocycles. The third-order valence-corrected chi connectivity index (χ3v) is 4.29. The quantitative estimate of drug-likeness (QED) is 0.850. The Kier molecular flexibility index (Phi) is 4.97. The van der Waals surface area contributed by atoms with Gasteiger partial charge in [0.1, 0.15) is 17.5 Å². The van der Waals surface area contributed by atoms with Crippen LogP contribution < -0.4 is 15.0 Å². The van der Waals surface area contributed by atoms with Gasteiger partial charge in [-0.25, -0.2) is 4.39 Å². The van der Waals surface area contributed by atoms with Gasteiger partial charge in [-0.2, -0.15) is 0 Å². The molecule has 0 aliphatic carbocycles. The van der Waals surface area contributed by atoms with E-state index in [0.717, 1.165) is 11.3 Å². The number of anilines is 1. The summed E-state index contributed by atoms with van der Waals surface area (Å²) in [6.07, 6.45) is 0.449. The molecule has 6 heteroatoms. The van der Waals surface area contributed by atoms with Crippen molar-refractivity contribution in [3.63, 3.8) is 0 Å². The molecule has 0 bridgehead atoms. The zero-order valence-corrected chi connectivity index (χ0v) is 13.9. The lowest BCUT2D eigenvalue weighted by atomic mass is 10.1. The van der Waals surface area contributed by atoms with Gasteiger partial charge >= 0.3 is 0 Å². The number of hydrogen-bond acceptors (Lipinski definition) is 3. The topological polar surface area (TPSA) is 58.6 Å². The van der Waals surface area contributed by atoms with Crippen molar-refractivity contribution in [2.24, 2.45) is 5.92 Å². The van der Waals surface area contributed by atoms with Gasteiger partial charge in [-0.15, -0.1) is 0 Å². The molecule has 2 aromatic carbocycles. The number of carbonyl (C=O) groups excluding carboxylic acids is 2. The van der Waals surface area contributed by atoms with Crippen molar-refractivity contribution in [1.29, 1.82) is 0 Å². The molecule has 1 aliphatic heterocycles. The number of ether oxygens (including phenoxy) is 1. The first-order valence-electron chi connectivity index (χ1n) is 8.06. The molecule has 130 valence electrons. The van der Waals surface area contributed by atoms with Crippen molar-refractivity contribution >= 4 is 17.5 Å². The van der Waals surface area contributed by atoms with Crippen LogP contribution in [0.15, 0.2) is 48.5 Å². The monoisotopic (exact) mass is 342 g/mol. The number of hydrogen-bond donors (Lipinski definition) is 1. The zero-order chi connectivity index (χ0) is 17.8. The molecule has 2 aromatic rings. The lowest BCUT2D eigenvalue weighted by Crippen LogP contribution is -2.36. The molecule has 25 heavy (non-hydrogen) atoms. The largest absolute Gasteiger partial charge is 0.497 e. The van der Waals surface area contributed by atoms with Crippen LogP contribution in [0, 0.1) is 11.7 Å². The van der Waals surface area contributed by atoms with E-state index < -0.39 is 5.92 Å². The Morgan fingerprint density at radius 3 is 2.52 bits per heavy atom. The van der Waals surface area contributed by atoms with Crippen molar-refractivity contribution < 1.29 is 18.7 Å². The number of amides is 2. The highest BCUT2D eigenvalue weighted by molar-refractivity contribution is 6.09. The van der Waals surface area contributed by atoms with Gasteiger partial charge in [0.2, 0.25) is 11.8 Å². The van der Waals surface area contributed by atoms with Crippen LogP contribution in [0.4, 0.5) is 10.1 Å². The fourth-order valence-electron chi connectivity index (χ4n) is 2.86. The second-order valence-electron chi connectivity index (χ2n) is 5.87. The van der Waals surface area contributed by atoms with Crippen molar-refractivity contribution in [3.8, 4) is 5.75 Å². The van der Waals surface area contributed by atoms with Crippen LogP contribution in [0.2, 0.25) is 0 Å². The number of halogens is 1. The van der Waals surface area contributed by atoms with E-state index in [-0.39, 0.29) is 17.6 Å². The first-order valence-corrected chi connectivity index (χ1v) is 8.06. The normalized spacial score (nSPS) is 16.8. The summed E-state index contributed by atoms with van der Waals surface area (Å²) in [6, 6.07) is 13.1. The molecule has 1 atom stereocenters. The Morgan fingerprint density at radius 1 is 1.20 bits per heavy atom. The minimum Gasteiger partial charge on any atom is -0.497 e. The van der Waals surface area contributed by atoms with Crippen molar-refractivity contribution in [3.05, 3.63) is 59.9 Å². The SMILES string of the molecule is COc1ccc(CNC(=O)[C@H]2CCN(c3ccc(F)cc3)C2=O)cc1. The molecular weight excluding hydrogens is 323 g/mol. The second kappa shape index (κ2) is 7.34. The van der Waals surface area contributed by atoms with E-state index in [0.29, 0.717) is 25.2 Å². The Hall–Kier alpha value is -2.89. The fraction of sp³-hybridized carbons (Fsp3) is 0.263. The molecule has 0 saturated carbocycles. The molecule has 1 aliphatic rings. The van der Waals surface area contributed by atoms with Gasteiger partial charge in [-0.3, -0.25) is 9.59 Å². The van der Waals surface area contributed by atoms with E-state index in [4.69, 9.17) is 4.74 Å². The van der Waals surface area contributed by atoms with Gasteiger partial charge in [0.15, 0.2) is 0 Å². The minimum absolute atomic E-state index is 0.251. The van der Waals surface area contributed by atoms with Crippen molar-refractivity contribution in [2.45, 2.75) is 13.0 Å². The summed E-state index contributed by atoms with van der Waals surface area (Å²) in [5, 5.41) is 2.80. The van der Waals surface area contributed by atoms with Crippen LogP contribution in [0.25, 0.3) is 0 Å². The van der Waals surface area contributed by atoms with Gasteiger partial charge in [0, 0.05) is 18.8 Å². The summed E-state index contributed by atoms with van der Waals surface area (Å²) in [4.78, 5) is 26.3. The third kappa shape index (κ3) is 3.79. The van der Waals surface area contributed by atoms with E-state index in [2.05, 4.69) is 5.32 Å². The van der Waals surface area contributed by atoms with Gasteiger partial charge < -0.3 is 15.0 Å². The van der Waals surface area contributed by atoms with Crippen LogP contribution >= 0.6 is 0 Å². The summed E-state index contributed by atoms with van der Waals surface area (Å²) in [5.41, 5.74) is 1.53. The number of nitrogens with zero attached hydrogens (tertiary/aromatic N) is 1. The number of nitrogens with one attached hydrogen (secondary N) is 1. The maximum Gasteiger partial charge on any atom is 0.239 e. The van der Waals surface area contributed by atoms with Crippen molar-refractivity contribution in [1.82, 2.24) is 5.32 Å². The van der Waals surface area contributed by atoms with Gasteiger partial charge in [-0.1, -0.05) is 12.1 Å². The predicted molar refractivity (Wildman–Crippen MR) is 91.7 cm³/mol. The summed E-state index contributed by atoms with van der Waals surface area (Å²) in [6.45, 7) is 0.800. The van der Waals surface area contributed by atoms with Crippen molar-refractivity contribution in [2.75, 3.05) is 18.6 Å². The number of methoxy groups -OCH3 is 1. The van der Waals surface area contributed by atoms with Gasteiger partial charge in [-0.05, 0) is 48.4 Å². The zero-order valence-electron chi connectivity index (χ0n) is 13.9. The van der Waals surface area contributed by atoms with Crippen LogP contribution in [-0.4, -0.2) is 25.5 Å². The summed E-state index contributed by atoms with van der Waals surface area (Å²) < 4.78 is 18.1. The smallest absolute Gasteiger partial charge is 0.239 e. The highest BCUT2D eigenvalue weighted by Gasteiger charge is 2.37. The molecule has 1 fully saturated rings. The number of benzene rings is 2. The van der Waals surface area contributed by atoms with Gasteiger partial charge in [0.25, 0.3) is 0 Å². The average molecular weight is 342 g/mol. The second-order valence-corrected chi connectivity index (χ2v) is 5.87. The predicted octanol–water partition coefficient (Wildman–Crippen LogP) is 2.50. The van der Waals surface area contributed by atoms with E-state index in [1.165, 1.54) is 17.0 Å². The maximum atomic E-state index is 13.0. The molecule has 1 heterocycles. The van der Waals surface area contributed by atoms with E-state index in [1.807, 2.05) is 24.3 Å². The molecule has 0 aromatic heterocycles. The standard InChI is InChI=1S/C19H19FN2O3/c1-25-16-8-2-13(3-9-16)12-21-18(23)17-10-11-22(19(17)24)15-6-4-14(20)5-7-15/h2-9,17H,10-12H2,1H3,(H,21,23)/t17-/m1/s1. The molecule has 0 spiro atoms. The van der Waals surface area contributed by atoms with Crippen LogP contribution in [-0.2, 0) is 16.1 Å². The van der Waals surface area contributed by atoms with Crippen LogP contribution in [0.3, 0.4) is 0 Å². The number of carbonyl (C=O) groups is 2. The highest BCUT2D eigenvalue weighted by atomic mass is 19.1. The van der Waals surface area contributed by atoms with E-state index in [1.54, 1.807) is 19.2 Å². The first-order chi connectivity index (χ1) is 12.1. The molecule has 1 N–H and O–H groups in total. The van der Waals surface area contributed by atoms with E-state index >= 15 is 0 Å². The molecule has 0 radical (unpaired) electrons. The minimum atomic E-state index is -0.705. The molecule has 5 nitrogen and oxygen atoms in total. The summed E-state index contributed by atoms with van der Waals surface area (Å²) >= 11 is 0. The highest BCUT2D eigenvalue weighted by Crippen LogP contribution is 2.25. The van der Waals surface area contributed by atoms with Gasteiger partial charge in [0.05, 0.1) is 7.11 Å². The average Bonchev–Trinajstić information content (AvgIpc) is 3.02. The van der Waals surface area contributed by atoms with Crippen LogP contribution in [0.1, 0.15) is 12.0 Å². The molecule has 3 rings (SSSR count). The first kappa shape index (κ1) is 17.0. The van der Waals surface area contributed by atoms with E-state index in [9.17, 15) is 14.0 Å². The number of rotatable bonds is 5.